The first kappa shape index (κ1) is 26.7. The smallest absolute Gasteiger partial charge is 0.271 e. The number of hydrogen-bond acceptors (Lipinski definition) is 8. The van der Waals surface area contributed by atoms with E-state index in [9.17, 15) is 19.8 Å². The maximum atomic E-state index is 12.0. The van der Waals surface area contributed by atoms with E-state index in [0.717, 1.165) is 11.1 Å². The Kier molecular flexibility index (Phi) is 8.68. The highest BCUT2D eigenvalue weighted by Gasteiger charge is 2.22. The fraction of sp³-hybridized carbons (Fsp3) is 0.346. The molecule has 10 heteroatoms. The van der Waals surface area contributed by atoms with Gasteiger partial charge in [-0.1, -0.05) is 43.3 Å². The minimum Gasteiger partial charge on any atom is -0.508 e. The first-order valence-corrected chi connectivity index (χ1v) is 11.6. The molecule has 0 spiro atoms. The summed E-state index contributed by atoms with van der Waals surface area (Å²) in [6, 6.07) is 10.6. The van der Waals surface area contributed by atoms with Crippen molar-refractivity contribution < 1.29 is 29.5 Å². The van der Waals surface area contributed by atoms with E-state index in [1.165, 1.54) is 6.07 Å². The number of amides is 2. The highest BCUT2D eigenvalue weighted by atomic mass is 16.5. The van der Waals surface area contributed by atoms with Crippen LogP contribution in [0.15, 0.2) is 40.9 Å². The van der Waals surface area contributed by atoms with Gasteiger partial charge in [0.15, 0.2) is 5.69 Å². The van der Waals surface area contributed by atoms with Crippen molar-refractivity contribution in [3.8, 4) is 22.6 Å². The topological polar surface area (TPSA) is 162 Å². The van der Waals surface area contributed by atoms with Crippen molar-refractivity contribution in [1.82, 2.24) is 15.5 Å². The molecule has 1 heterocycles. The molecule has 192 valence electrons. The third kappa shape index (κ3) is 6.41. The molecule has 0 saturated carbocycles. The van der Waals surface area contributed by atoms with Crippen LogP contribution in [0.1, 0.15) is 59.1 Å². The summed E-state index contributed by atoms with van der Waals surface area (Å²) in [5, 5.41) is 32.9. The van der Waals surface area contributed by atoms with Crippen molar-refractivity contribution >= 4 is 11.8 Å². The largest absolute Gasteiger partial charge is 0.508 e. The molecular formula is C26H32N4O6. The van der Waals surface area contributed by atoms with Gasteiger partial charge in [-0.3, -0.25) is 14.8 Å². The standard InChI is InChI=1S/C26H32N4O6/c1-15(2)19-12-18(20(31)13-21(19)32)8-9-22-24(25(26(27)34)29-36-22)17-6-4-16(5-7-17)14-30(3)11-10-23(33)28-35/h4-7,12-13,15,31-32,35H,8-11,14H2,1-3H3,(H2,27,34)(H,28,33). The van der Waals surface area contributed by atoms with Crippen LogP contribution in [-0.2, 0) is 24.2 Å². The van der Waals surface area contributed by atoms with Gasteiger partial charge in [-0.15, -0.1) is 0 Å². The maximum Gasteiger partial charge on any atom is 0.271 e. The third-order valence-corrected chi connectivity index (χ3v) is 6.01. The Morgan fingerprint density at radius 1 is 1.11 bits per heavy atom. The number of aromatic nitrogens is 1. The van der Waals surface area contributed by atoms with Crippen LogP contribution in [0, 0.1) is 0 Å². The van der Waals surface area contributed by atoms with Gasteiger partial charge in [-0.05, 0) is 47.7 Å². The monoisotopic (exact) mass is 496 g/mol. The molecule has 0 bridgehead atoms. The zero-order valence-electron chi connectivity index (χ0n) is 20.6. The van der Waals surface area contributed by atoms with E-state index in [-0.39, 0.29) is 29.5 Å². The lowest BCUT2D eigenvalue weighted by Crippen LogP contribution is -2.26. The summed E-state index contributed by atoms with van der Waals surface area (Å²) in [5.41, 5.74) is 10.8. The fourth-order valence-electron chi connectivity index (χ4n) is 4.03. The van der Waals surface area contributed by atoms with Gasteiger partial charge in [-0.2, -0.15) is 0 Å². The molecule has 0 aliphatic rings. The molecule has 0 aliphatic carbocycles. The second-order valence-corrected chi connectivity index (χ2v) is 9.11. The van der Waals surface area contributed by atoms with E-state index in [1.54, 1.807) is 11.5 Å². The number of primary amides is 1. The van der Waals surface area contributed by atoms with Crippen molar-refractivity contribution in [2.45, 2.75) is 45.6 Å². The molecule has 10 nitrogen and oxygen atoms in total. The Balaban J connectivity index is 1.80. The Morgan fingerprint density at radius 3 is 2.42 bits per heavy atom. The van der Waals surface area contributed by atoms with Crippen molar-refractivity contribution in [2.24, 2.45) is 5.73 Å². The average Bonchev–Trinajstić information content (AvgIpc) is 3.26. The summed E-state index contributed by atoms with van der Waals surface area (Å²) >= 11 is 0. The lowest BCUT2D eigenvalue weighted by molar-refractivity contribution is -0.129. The number of carbonyl (C=O) groups is 2. The second-order valence-electron chi connectivity index (χ2n) is 9.11. The van der Waals surface area contributed by atoms with Crippen LogP contribution in [0.4, 0.5) is 0 Å². The predicted octanol–water partition coefficient (Wildman–Crippen LogP) is 3.09. The van der Waals surface area contributed by atoms with E-state index in [4.69, 9.17) is 15.5 Å². The Bertz CT molecular complexity index is 1220. The normalized spacial score (nSPS) is 11.3. The van der Waals surface area contributed by atoms with E-state index >= 15 is 0 Å². The molecule has 6 N–H and O–H groups in total. The Morgan fingerprint density at radius 2 is 1.81 bits per heavy atom. The zero-order valence-corrected chi connectivity index (χ0v) is 20.6. The van der Waals surface area contributed by atoms with E-state index < -0.39 is 11.8 Å². The maximum absolute atomic E-state index is 12.0. The summed E-state index contributed by atoms with van der Waals surface area (Å²) < 4.78 is 5.49. The van der Waals surface area contributed by atoms with E-state index in [0.29, 0.717) is 48.4 Å². The lowest BCUT2D eigenvalue weighted by atomic mass is 9.95. The van der Waals surface area contributed by atoms with Gasteiger partial charge in [0.05, 0.1) is 5.56 Å². The predicted molar refractivity (Wildman–Crippen MR) is 133 cm³/mol. The number of hydrogen-bond donors (Lipinski definition) is 5. The van der Waals surface area contributed by atoms with Crippen molar-refractivity contribution in [3.05, 3.63) is 64.5 Å². The molecule has 36 heavy (non-hydrogen) atoms. The van der Waals surface area contributed by atoms with Gasteiger partial charge in [-0.25, -0.2) is 5.48 Å². The first-order valence-electron chi connectivity index (χ1n) is 11.6. The number of benzene rings is 2. The van der Waals surface area contributed by atoms with Crippen LogP contribution in [0.3, 0.4) is 0 Å². The summed E-state index contributed by atoms with van der Waals surface area (Å²) in [6.45, 7) is 4.96. The summed E-state index contributed by atoms with van der Waals surface area (Å²) in [6.07, 6.45) is 0.922. The molecule has 0 aliphatic heterocycles. The number of nitrogens with two attached hydrogens (primary N) is 1. The average molecular weight is 497 g/mol. The minimum absolute atomic E-state index is 0.0157. The van der Waals surface area contributed by atoms with Gasteiger partial charge in [0.25, 0.3) is 5.91 Å². The molecule has 0 atom stereocenters. The van der Waals surface area contributed by atoms with Crippen molar-refractivity contribution in [1.29, 1.82) is 0 Å². The highest BCUT2D eigenvalue weighted by Crippen LogP contribution is 2.34. The highest BCUT2D eigenvalue weighted by molar-refractivity contribution is 5.98. The number of rotatable bonds is 11. The van der Waals surface area contributed by atoms with Crippen LogP contribution in [0.2, 0.25) is 0 Å². The lowest BCUT2D eigenvalue weighted by Gasteiger charge is -2.16. The molecule has 2 amide bonds. The fourth-order valence-corrected chi connectivity index (χ4v) is 4.03. The van der Waals surface area contributed by atoms with Crippen LogP contribution >= 0.6 is 0 Å². The molecular weight excluding hydrogens is 464 g/mol. The van der Waals surface area contributed by atoms with Gasteiger partial charge < -0.3 is 25.4 Å². The summed E-state index contributed by atoms with van der Waals surface area (Å²) in [4.78, 5) is 25.2. The Hall–Kier alpha value is -3.89. The second kappa shape index (κ2) is 11.7. The number of nitrogens with one attached hydrogen (secondary N) is 1. The molecule has 1 aromatic heterocycles. The first-order chi connectivity index (χ1) is 17.1. The summed E-state index contributed by atoms with van der Waals surface area (Å²) in [7, 11) is 1.87. The van der Waals surface area contributed by atoms with E-state index in [2.05, 4.69) is 5.16 Å². The quantitative estimate of drug-likeness (QED) is 0.200. The third-order valence-electron chi connectivity index (χ3n) is 6.01. The van der Waals surface area contributed by atoms with Gasteiger partial charge in [0, 0.05) is 32.0 Å². The van der Waals surface area contributed by atoms with Gasteiger partial charge >= 0.3 is 0 Å². The number of aromatic hydroxyl groups is 2. The van der Waals surface area contributed by atoms with Gasteiger partial charge in [0.1, 0.15) is 17.3 Å². The van der Waals surface area contributed by atoms with Crippen LogP contribution in [0.25, 0.3) is 11.1 Å². The molecule has 3 rings (SSSR count). The molecule has 3 aromatic rings. The Labute approximate surface area is 209 Å². The summed E-state index contributed by atoms with van der Waals surface area (Å²) in [5.74, 6) is -0.584. The minimum atomic E-state index is -0.708. The zero-order chi connectivity index (χ0) is 26.4. The molecule has 0 saturated heterocycles. The number of phenols is 2. The number of hydroxylamine groups is 1. The van der Waals surface area contributed by atoms with Crippen molar-refractivity contribution in [3.63, 3.8) is 0 Å². The molecule has 0 fully saturated rings. The van der Waals surface area contributed by atoms with Crippen molar-refractivity contribution in [2.75, 3.05) is 13.6 Å². The SMILES string of the molecule is CC(C)c1cc(CCc2onc(C(N)=O)c2-c2ccc(CN(C)CCC(=O)NO)cc2)c(O)cc1O. The van der Waals surface area contributed by atoms with Crippen LogP contribution in [-0.4, -0.2) is 50.9 Å². The number of phenolic OH excluding ortho intramolecular Hbond substituents is 2. The molecule has 0 unspecified atom stereocenters. The van der Waals surface area contributed by atoms with Crippen LogP contribution in [0.5, 0.6) is 11.5 Å². The molecule has 2 aromatic carbocycles. The van der Waals surface area contributed by atoms with Crippen LogP contribution < -0.4 is 11.2 Å². The van der Waals surface area contributed by atoms with Gasteiger partial charge in [0.2, 0.25) is 5.91 Å². The number of carbonyl (C=O) groups excluding carboxylic acids is 2. The number of nitrogens with zero attached hydrogens (tertiary/aromatic N) is 2. The molecule has 0 radical (unpaired) electrons. The van der Waals surface area contributed by atoms with E-state index in [1.807, 2.05) is 50.1 Å². The number of aryl methyl sites for hydroxylation is 2.